The molecule has 1 fully saturated rings. The molecule has 0 aliphatic carbocycles. The Labute approximate surface area is 142 Å². The maximum atomic E-state index is 14.0. The summed E-state index contributed by atoms with van der Waals surface area (Å²) in [5, 5.41) is 8.92. The van der Waals surface area contributed by atoms with Crippen LogP contribution in [0.5, 0.6) is 0 Å². The van der Waals surface area contributed by atoms with Crippen molar-refractivity contribution >= 4 is 17.2 Å². The molecule has 1 aliphatic rings. The third kappa shape index (κ3) is 2.63. The molecule has 1 atom stereocenters. The van der Waals surface area contributed by atoms with E-state index >= 15 is 0 Å². The smallest absolute Gasteiger partial charge is 0.257 e. The predicted octanol–water partition coefficient (Wildman–Crippen LogP) is 3.91. The maximum absolute atomic E-state index is 14.0. The number of thiophene rings is 1. The van der Waals surface area contributed by atoms with Gasteiger partial charge in [-0.3, -0.25) is 9.89 Å². The number of aromatic amines is 1. The number of nitrogens with one attached hydrogen (secondary N) is 1. The zero-order valence-electron chi connectivity index (χ0n) is 12.9. The SMILES string of the molecule is O=C(c1cn[nH]c1-c1cccs1)N1CC[C@H](c2ccccc2F)C1. The van der Waals surface area contributed by atoms with Gasteiger partial charge in [-0.25, -0.2) is 4.39 Å². The molecule has 0 unspecified atom stereocenters. The lowest BCUT2D eigenvalue weighted by Crippen LogP contribution is -2.28. The summed E-state index contributed by atoms with van der Waals surface area (Å²) in [6.45, 7) is 1.17. The van der Waals surface area contributed by atoms with Gasteiger partial charge in [0, 0.05) is 19.0 Å². The van der Waals surface area contributed by atoms with E-state index in [-0.39, 0.29) is 17.6 Å². The molecule has 122 valence electrons. The van der Waals surface area contributed by atoms with Crippen molar-refractivity contribution in [1.82, 2.24) is 15.1 Å². The van der Waals surface area contributed by atoms with Crippen LogP contribution in [-0.4, -0.2) is 34.1 Å². The highest BCUT2D eigenvalue weighted by molar-refractivity contribution is 7.13. The standard InChI is InChI=1S/C18H16FN3OS/c19-15-5-2-1-4-13(15)12-7-8-22(11-12)18(23)14-10-20-21-17(14)16-6-3-9-24-16/h1-6,9-10,12H,7-8,11H2,(H,20,21)/t12-/m0/s1. The highest BCUT2D eigenvalue weighted by Gasteiger charge is 2.31. The molecule has 24 heavy (non-hydrogen) atoms. The van der Waals surface area contributed by atoms with Gasteiger partial charge in [0.25, 0.3) is 5.91 Å². The topological polar surface area (TPSA) is 49.0 Å². The summed E-state index contributed by atoms with van der Waals surface area (Å²) in [6.07, 6.45) is 2.35. The maximum Gasteiger partial charge on any atom is 0.257 e. The lowest BCUT2D eigenvalue weighted by Gasteiger charge is -2.17. The Morgan fingerprint density at radius 2 is 2.17 bits per heavy atom. The van der Waals surface area contributed by atoms with E-state index in [2.05, 4.69) is 10.2 Å². The van der Waals surface area contributed by atoms with E-state index in [1.165, 1.54) is 6.07 Å². The molecule has 0 radical (unpaired) electrons. The van der Waals surface area contributed by atoms with Gasteiger partial charge in [0.15, 0.2) is 0 Å². The van der Waals surface area contributed by atoms with Gasteiger partial charge in [-0.15, -0.1) is 11.3 Å². The molecule has 0 bridgehead atoms. The number of hydrogen-bond acceptors (Lipinski definition) is 3. The normalized spacial score (nSPS) is 17.4. The van der Waals surface area contributed by atoms with E-state index in [0.29, 0.717) is 24.2 Å². The Balaban J connectivity index is 1.55. The summed E-state index contributed by atoms with van der Waals surface area (Å²) in [7, 11) is 0. The van der Waals surface area contributed by atoms with E-state index in [1.54, 1.807) is 28.5 Å². The molecule has 0 saturated carbocycles. The summed E-state index contributed by atoms with van der Waals surface area (Å²) in [5.41, 5.74) is 2.02. The molecule has 4 nitrogen and oxygen atoms in total. The van der Waals surface area contributed by atoms with Gasteiger partial charge in [0.05, 0.1) is 22.3 Å². The first kappa shape index (κ1) is 15.1. The second-order valence-corrected chi connectivity index (χ2v) is 6.84. The molecule has 0 spiro atoms. The first-order chi connectivity index (χ1) is 11.7. The van der Waals surface area contributed by atoms with E-state index in [1.807, 2.05) is 29.6 Å². The van der Waals surface area contributed by atoms with Crippen molar-refractivity contribution in [3.8, 4) is 10.6 Å². The molecule has 3 aromatic rings. The van der Waals surface area contributed by atoms with Crippen molar-refractivity contribution in [2.75, 3.05) is 13.1 Å². The van der Waals surface area contributed by atoms with Gasteiger partial charge in [-0.05, 0) is 29.5 Å². The van der Waals surface area contributed by atoms with Crippen molar-refractivity contribution in [2.24, 2.45) is 0 Å². The number of halogens is 1. The number of hydrogen-bond donors (Lipinski definition) is 1. The molecule has 4 rings (SSSR count). The number of carbonyl (C=O) groups excluding carboxylic acids is 1. The molecular formula is C18H16FN3OS. The number of nitrogens with zero attached hydrogens (tertiary/aromatic N) is 2. The number of H-pyrrole nitrogens is 1. The van der Waals surface area contributed by atoms with Gasteiger partial charge >= 0.3 is 0 Å². The Kier molecular flexibility index (Phi) is 3.90. The molecule has 1 aliphatic heterocycles. The van der Waals surface area contributed by atoms with Crippen LogP contribution in [0.2, 0.25) is 0 Å². The lowest BCUT2D eigenvalue weighted by atomic mass is 9.98. The average Bonchev–Trinajstić information content (AvgIpc) is 3.34. The van der Waals surface area contributed by atoms with Crippen molar-refractivity contribution in [2.45, 2.75) is 12.3 Å². The van der Waals surface area contributed by atoms with E-state index in [0.717, 1.165) is 17.0 Å². The van der Waals surface area contributed by atoms with Gasteiger partial charge in [0.1, 0.15) is 5.82 Å². The quantitative estimate of drug-likeness (QED) is 0.785. The summed E-state index contributed by atoms with van der Waals surface area (Å²) >= 11 is 1.56. The Morgan fingerprint density at radius 1 is 1.29 bits per heavy atom. The first-order valence-corrected chi connectivity index (χ1v) is 8.73. The molecule has 1 N–H and O–H groups in total. The summed E-state index contributed by atoms with van der Waals surface area (Å²) in [4.78, 5) is 15.6. The largest absolute Gasteiger partial charge is 0.338 e. The molecule has 3 heterocycles. The number of likely N-dealkylation sites (tertiary alicyclic amines) is 1. The fraction of sp³-hybridized carbons (Fsp3) is 0.222. The fourth-order valence-electron chi connectivity index (χ4n) is 3.23. The fourth-order valence-corrected chi connectivity index (χ4v) is 3.97. The van der Waals surface area contributed by atoms with Gasteiger partial charge in [-0.2, -0.15) is 5.10 Å². The third-order valence-corrected chi connectivity index (χ3v) is 5.35. The van der Waals surface area contributed by atoms with Crippen LogP contribution in [-0.2, 0) is 0 Å². The van der Waals surface area contributed by atoms with Crippen molar-refractivity contribution in [3.63, 3.8) is 0 Å². The van der Waals surface area contributed by atoms with Crippen molar-refractivity contribution < 1.29 is 9.18 Å². The Bertz CT molecular complexity index is 859. The Hall–Kier alpha value is -2.47. The number of carbonyl (C=O) groups is 1. The number of aromatic nitrogens is 2. The number of amides is 1. The van der Waals surface area contributed by atoms with Crippen LogP contribution in [0, 0.1) is 5.82 Å². The van der Waals surface area contributed by atoms with Crippen molar-refractivity contribution in [3.05, 3.63) is 64.9 Å². The first-order valence-electron chi connectivity index (χ1n) is 7.85. The highest BCUT2D eigenvalue weighted by Crippen LogP contribution is 2.32. The van der Waals surface area contributed by atoms with Gasteiger partial charge < -0.3 is 4.90 Å². The second kappa shape index (κ2) is 6.20. The van der Waals surface area contributed by atoms with E-state index in [9.17, 15) is 9.18 Å². The molecular weight excluding hydrogens is 325 g/mol. The average molecular weight is 341 g/mol. The summed E-state index contributed by atoms with van der Waals surface area (Å²) in [5.74, 6) is -0.197. The summed E-state index contributed by atoms with van der Waals surface area (Å²) in [6, 6.07) is 10.7. The van der Waals surface area contributed by atoms with Crippen molar-refractivity contribution in [1.29, 1.82) is 0 Å². The lowest BCUT2D eigenvalue weighted by molar-refractivity contribution is 0.0791. The summed E-state index contributed by atoms with van der Waals surface area (Å²) < 4.78 is 14.0. The van der Waals surface area contributed by atoms with Crippen LogP contribution in [0.3, 0.4) is 0 Å². The zero-order chi connectivity index (χ0) is 16.5. The molecule has 1 saturated heterocycles. The van der Waals surface area contributed by atoms with Crippen LogP contribution >= 0.6 is 11.3 Å². The van der Waals surface area contributed by atoms with Crippen LogP contribution in [0.25, 0.3) is 10.6 Å². The minimum absolute atomic E-state index is 0.0484. The second-order valence-electron chi connectivity index (χ2n) is 5.89. The molecule has 1 amide bonds. The Morgan fingerprint density at radius 3 is 2.96 bits per heavy atom. The van der Waals surface area contributed by atoms with Gasteiger partial charge in [0.2, 0.25) is 0 Å². The molecule has 1 aromatic carbocycles. The number of rotatable bonds is 3. The van der Waals surface area contributed by atoms with Crippen LogP contribution < -0.4 is 0 Å². The van der Waals surface area contributed by atoms with Crippen LogP contribution in [0.1, 0.15) is 28.3 Å². The monoisotopic (exact) mass is 341 g/mol. The van der Waals surface area contributed by atoms with Crippen LogP contribution in [0.15, 0.2) is 48.0 Å². The van der Waals surface area contributed by atoms with Gasteiger partial charge in [-0.1, -0.05) is 24.3 Å². The minimum Gasteiger partial charge on any atom is -0.338 e. The predicted molar refractivity (Wildman–Crippen MR) is 91.6 cm³/mol. The third-order valence-electron chi connectivity index (χ3n) is 4.46. The van der Waals surface area contributed by atoms with E-state index in [4.69, 9.17) is 0 Å². The van der Waals surface area contributed by atoms with E-state index < -0.39 is 0 Å². The zero-order valence-corrected chi connectivity index (χ0v) is 13.7. The number of benzene rings is 1. The highest BCUT2D eigenvalue weighted by atomic mass is 32.1. The minimum atomic E-state index is -0.195. The van der Waals surface area contributed by atoms with Crippen LogP contribution in [0.4, 0.5) is 4.39 Å². The molecule has 6 heteroatoms. The molecule has 2 aromatic heterocycles.